The largest absolute Gasteiger partial charge is 0.368 e. The summed E-state index contributed by atoms with van der Waals surface area (Å²) in [6, 6.07) is 13.0. The van der Waals surface area contributed by atoms with E-state index < -0.39 is 5.82 Å². The summed E-state index contributed by atoms with van der Waals surface area (Å²) in [7, 11) is 0. The fourth-order valence-electron chi connectivity index (χ4n) is 5.50. The lowest BCUT2D eigenvalue weighted by atomic mass is 10.1. The Labute approximate surface area is 224 Å². The van der Waals surface area contributed by atoms with Crippen molar-refractivity contribution < 1.29 is 8.78 Å². The van der Waals surface area contributed by atoms with Crippen LogP contribution in [0.3, 0.4) is 0 Å². The predicted octanol–water partition coefficient (Wildman–Crippen LogP) is 5.24. The summed E-state index contributed by atoms with van der Waals surface area (Å²) in [5.41, 5.74) is 3.12. The fourth-order valence-corrected chi connectivity index (χ4v) is 5.90. The van der Waals surface area contributed by atoms with Gasteiger partial charge in [0.25, 0.3) is 0 Å². The Morgan fingerprint density at radius 1 is 0.842 bits per heavy atom. The molecule has 2 aromatic carbocycles. The molecular formula is C29H28ClF2N5O. The molecule has 2 aliphatic rings. The number of pyridine rings is 2. The summed E-state index contributed by atoms with van der Waals surface area (Å²) in [6.07, 6.45) is 5.89. The van der Waals surface area contributed by atoms with Crippen LogP contribution < -0.4 is 15.2 Å². The van der Waals surface area contributed by atoms with Crippen LogP contribution in [0.4, 0.5) is 20.2 Å². The highest BCUT2D eigenvalue weighted by atomic mass is 35.5. The summed E-state index contributed by atoms with van der Waals surface area (Å²) in [6.45, 7) is 5.32. The molecule has 0 aliphatic carbocycles. The van der Waals surface area contributed by atoms with E-state index in [-0.39, 0.29) is 27.3 Å². The second-order valence-corrected chi connectivity index (χ2v) is 10.3. The van der Waals surface area contributed by atoms with Crippen LogP contribution in [0, 0.1) is 11.6 Å². The Bertz CT molecular complexity index is 1510. The molecule has 0 bridgehead atoms. The second-order valence-electron chi connectivity index (χ2n) is 9.91. The summed E-state index contributed by atoms with van der Waals surface area (Å²) >= 11 is 6.90. The maximum absolute atomic E-state index is 15.4. The molecule has 0 spiro atoms. The lowest BCUT2D eigenvalue weighted by Gasteiger charge is -2.38. The molecule has 4 aromatic rings. The molecule has 0 radical (unpaired) electrons. The average molecular weight is 536 g/mol. The van der Waals surface area contributed by atoms with Gasteiger partial charge in [0.2, 0.25) is 0 Å². The number of benzene rings is 2. The molecular weight excluding hydrogens is 508 g/mol. The van der Waals surface area contributed by atoms with E-state index in [1.165, 1.54) is 37.1 Å². The lowest BCUT2D eigenvalue weighted by Crippen LogP contribution is -2.47. The van der Waals surface area contributed by atoms with E-state index in [0.29, 0.717) is 31.7 Å². The van der Waals surface area contributed by atoms with Crippen LogP contribution >= 0.6 is 11.6 Å². The van der Waals surface area contributed by atoms with E-state index in [9.17, 15) is 9.18 Å². The first-order chi connectivity index (χ1) is 18.5. The third-order valence-electron chi connectivity index (χ3n) is 7.51. The van der Waals surface area contributed by atoms with Crippen LogP contribution in [0.2, 0.25) is 5.02 Å². The first-order valence-electron chi connectivity index (χ1n) is 12.9. The molecule has 38 heavy (non-hydrogen) atoms. The molecule has 0 amide bonds. The van der Waals surface area contributed by atoms with Gasteiger partial charge in [-0.3, -0.25) is 14.7 Å². The molecule has 2 fully saturated rings. The van der Waals surface area contributed by atoms with Gasteiger partial charge in [0, 0.05) is 50.7 Å². The SMILES string of the molecule is O=c1ccn(-c2ccc(CN3CCCC3)nc2)c2c(Cl)c(N3CCN(c4ccc(F)cc4)CC3)c(F)cc12. The number of nitrogens with zero attached hydrogens (tertiary/aromatic N) is 5. The Kier molecular flexibility index (Phi) is 6.76. The lowest BCUT2D eigenvalue weighted by molar-refractivity contribution is 0.327. The van der Waals surface area contributed by atoms with Gasteiger partial charge in [0.1, 0.15) is 11.6 Å². The number of anilines is 2. The number of halogens is 3. The van der Waals surface area contributed by atoms with Crippen LogP contribution in [0.5, 0.6) is 0 Å². The third kappa shape index (κ3) is 4.74. The number of hydrogen-bond acceptors (Lipinski definition) is 5. The van der Waals surface area contributed by atoms with Gasteiger partial charge in [0.05, 0.1) is 39.2 Å². The Hall–Kier alpha value is -3.49. The van der Waals surface area contributed by atoms with Gasteiger partial charge >= 0.3 is 0 Å². The molecule has 0 N–H and O–H groups in total. The number of aromatic nitrogens is 2. The van der Waals surface area contributed by atoms with Crippen molar-refractivity contribution in [3.05, 3.63) is 93.5 Å². The van der Waals surface area contributed by atoms with Crippen LogP contribution in [-0.2, 0) is 6.54 Å². The second kappa shape index (κ2) is 10.3. The summed E-state index contributed by atoms with van der Waals surface area (Å²) in [5, 5.41) is 0.430. The molecule has 0 saturated carbocycles. The van der Waals surface area contributed by atoms with Crippen LogP contribution in [0.25, 0.3) is 16.6 Å². The number of likely N-dealkylation sites (tertiary alicyclic amines) is 1. The standard InChI is InChI=1S/C29H28ClF2N5O/c30-27-28-24(17-25(32)29(27)36-15-13-35(14-16-36)22-6-3-20(31)4-7-22)26(38)9-12-37(28)23-8-5-21(33-18-23)19-34-10-1-2-11-34/h3-9,12,17-18H,1-2,10-11,13-16,19H2. The van der Waals surface area contributed by atoms with E-state index in [4.69, 9.17) is 11.6 Å². The van der Waals surface area contributed by atoms with Crippen molar-refractivity contribution in [3.63, 3.8) is 0 Å². The highest BCUT2D eigenvalue weighted by Gasteiger charge is 2.25. The summed E-state index contributed by atoms with van der Waals surface area (Å²) in [5.74, 6) is -0.799. The zero-order chi connectivity index (χ0) is 26.2. The highest BCUT2D eigenvalue weighted by Crippen LogP contribution is 2.37. The van der Waals surface area contributed by atoms with Crippen LogP contribution in [0.1, 0.15) is 18.5 Å². The van der Waals surface area contributed by atoms with Gasteiger partial charge in [-0.1, -0.05) is 11.6 Å². The summed E-state index contributed by atoms with van der Waals surface area (Å²) in [4.78, 5) is 23.8. The molecule has 9 heteroatoms. The molecule has 6 rings (SSSR count). The average Bonchev–Trinajstić information content (AvgIpc) is 3.44. The van der Waals surface area contributed by atoms with Gasteiger partial charge in [-0.25, -0.2) is 8.78 Å². The van der Waals surface area contributed by atoms with E-state index in [1.54, 1.807) is 24.5 Å². The summed E-state index contributed by atoms with van der Waals surface area (Å²) < 4.78 is 30.6. The van der Waals surface area contributed by atoms with Crippen molar-refractivity contribution in [2.75, 3.05) is 49.1 Å². The predicted molar refractivity (Wildman–Crippen MR) is 148 cm³/mol. The van der Waals surface area contributed by atoms with Gasteiger partial charge in [-0.15, -0.1) is 0 Å². The van der Waals surface area contributed by atoms with E-state index in [1.807, 2.05) is 21.6 Å². The third-order valence-corrected chi connectivity index (χ3v) is 7.87. The van der Waals surface area contributed by atoms with Crippen molar-refractivity contribution in [3.8, 4) is 5.69 Å². The zero-order valence-electron chi connectivity index (χ0n) is 20.9. The van der Waals surface area contributed by atoms with Gasteiger partial charge in [-0.2, -0.15) is 0 Å². The number of rotatable bonds is 5. The topological polar surface area (TPSA) is 44.6 Å². The van der Waals surface area contributed by atoms with Crippen molar-refractivity contribution in [2.24, 2.45) is 0 Å². The minimum Gasteiger partial charge on any atom is -0.368 e. The van der Waals surface area contributed by atoms with Crippen LogP contribution in [-0.4, -0.2) is 53.7 Å². The maximum atomic E-state index is 15.4. The van der Waals surface area contributed by atoms with Crippen LogP contribution in [0.15, 0.2) is 65.7 Å². The minimum absolute atomic E-state index is 0.203. The van der Waals surface area contributed by atoms with Gasteiger partial charge < -0.3 is 14.4 Å². The van der Waals surface area contributed by atoms with Crippen molar-refractivity contribution in [1.82, 2.24) is 14.5 Å². The van der Waals surface area contributed by atoms with Crippen molar-refractivity contribution in [2.45, 2.75) is 19.4 Å². The quantitative estimate of drug-likeness (QED) is 0.350. The highest BCUT2D eigenvalue weighted by molar-refractivity contribution is 6.38. The number of fused-ring (bicyclic) bond motifs is 1. The smallest absolute Gasteiger partial charge is 0.189 e. The zero-order valence-corrected chi connectivity index (χ0v) is 21.7. The molecule has 2 aromatic heterocycles. The first kappa shape index (κ1) is 24.8. The normalized spacial score (nSPS) is 16.5. The molecule has 2 saturated heterocycles. The molecule has 4 heterocycles. The molecule has 6 nitrogen and oxygen atoms in total. The van der Waals surface area contributed by atoms with E-state index in [0.717, 1.165) is 36.7 Å². The Morgan fingerprint density at radius 3 is 2.21 bits per heavy atom. The van der Waals surface area contributed by atoms with Crippen molar-refractivity contribution in [1.29, 1.82) is 0 Å². The molecule has 0 unspecified atom stereocenters. The number of hydrogen-bond donors (Lipinski definition) is 0. The van der Waals surface area contributed by atoms with Crippen molar-refractivity contribution >= 4 is 33.9 Å². The maximum Gasteiger partial charge on any atom is 0.189 e. The fraction of sp³-hybridized carbons (Fsp3) is 0.310. The monoisotopic (exact) mass is 535 g/mol. The van der Waals surface area contributed by atoms with Gasteiger partial charge in [-0.05, 0) is 68.4 Å². The van der Waals surface area contributed by atoms with E-state index >= 15 is 4.39 Å². The molecule has 196 valence electrons. The van der Waals surface area contributed by atoms with E-state index in [2.05, 4.69) is 14.8 Å². The first-order valence-corrected chi connectivity index (χ1v) is 13.3. The molecule has 2 aliphatic heterocycles. The Balaban J connectivity index is 1.32. The van der Waals surface area contributed by atoms with Gasteiger partial charge in [0.15, 0.2) is 5.43 Å². The minimum atomic E-state index is -0.522. The molecule has 0 atom stereocenters. The number of piperazine rings is 1. The Morgan fingerprint density at radius 2 is 1.53 bits per heavy atom.